The number of likely N-dealkylation sites (N-methyl/N-ethyl adjacent to an activating group) is 1. The molecule has 0 saturated heterocycles. The average Bonchev–Trinajstić information content (AvgIpc) is 2.16. The molecule has 0 saturated carbocycles. The third kappa shape index (κ3) is 2.90. The highest BCUT2D eigenvalue weighted by atomic mass is 16.6. The van der Waals surface area contributed by atoms with E-state index in [2.05, 4.69) is 4.98 Å². The fraction of sp³-hybridized carbons (Fsp3) is 0.500. The number of pyridine rings is 1. The van der Waals surface area contributed by atoms with Crippen LogP contribution in [0.1, 0.15) is 12.5 Å². The molecule has 1 heterocycles. The normalized spacial score (nSPS) is 12.2. The maximum Gasteiger partial charge on any atom is 0.277 e. The SMILES string of the molecule is Cc1cnc(N(C)CC(C)O)cc1[N+](=O)[O-]. The van der Waals surface area contributed by atoms with Crippen molar-refractivity contribution in [3.63, 3.8) is 0 Å². The minimum atomic E-state index is -0.507. The summed E-state index contributed by atoms with van der Waals surface area (Å²) in [6.45, 7) is 3.68. The van der Waals surface area contributed by atoms with Crippen molar-refractivity contribution < 1.29 is 10.0 Å². The molecule has 0 aliphatic carbocycles. The van der Waals surface area contributed by atoms with Gasteiger partial charge in [-0.2, -0.15) is 0 Å². The molecule has 1 aromatic rings. The van der Waals surface area contributed by atoms with Gasteiger partial charge in [-0.15, -0.1) is 0 Å². The summed E-state index contributed by atoms with van der Waals surface area (Å²) in [4.78, 5) is 16.1. The van der Waals surface area contributed by atoms with Crippen molar-refractivity contribution in [3.8, 4) is 0 Å². The summed E-state index contributed by atoms with van der Waals surface area (Å²) in [5.74, 6) is 0.484. The number of aliphatic hydroxyl groups excluding tert-OH is 1. The molecule has 0 aliphatic rings. The van der Waals surface area contributed by atoms with Crippen molar-refractivity contribution in [1.29, 1.82) is 0 Å². The number of nitro groups is 1. The van der Waals surface area contributed by atoms with Gasteiger partial charge in [0.1, 0.15) is 5.82 Å². The fourth-order valence-corrected chi connectivity index (χ4v) is 1.40. The predicted octanol–water partition coefficient (Wildman–Crippen LogP) is 1.12. The first-order valence-electron chi connectivity index (χ1n) is 4.92. The Hall–Kier alpha value is -1.69. The van der Waals surface area contributed by atoms with Gasteiger partial charge in [-0.1, -0.05) is 0 Å². The van der Waals surface area contributed by atoms with Gasteiger partial charge in [-0.25, -0.2) is 4.98 Å². The Balaban J connectivity index is 2.98. The second-order valence-corrected chi connectivity index (χ2v) is 3.82. The van der Waals surface area contributed by atoms with Gasteiger partial charge in [0.15, 0.2) is 0 Å². The summed E-state index contributed by atoms with van der Waals surface area (Å²) in [6, 6.07) is 1.41. The molecule has 0 amide bonds. The lowest BCUT2D eigenvalue weighted by Crippen LogP contribution is -2.27. The Morgan fingerprint density at radius 1 is 1.69 bits per heavy atom. The van der Waals surface area contributed by atoms with Gasteiger partial charge in [0.05, 0.1) is 17.1 Å². The lowest BCUT2D eigenvalue weighted by molar-refractivity contribution is -0.385. The zero-order valence-electron chi connectivity index (χ0n) is 9.54. The zero-order valence-corrected chi connectivity index (χ0v) is 9.54. The van der Waals surface area contributed by atoms with Crippen LogP contribution in [-0.2, 0) is 0 Å². The van der Waals surface area contributed by atoms with Gasteiger partial charge < -0.3 is 10.0 Å². The Morgan fingerprint density at radius 3 is 2.81 bits per heavy atom. The third-order valence-corrected chi connectivity index (χ3v) is 2.19. The Morgan fingerprint density at radius 2 is 2.31 bits per heavy atom. The van der Waals surface area contributed by atoms with E-state index in [9.17, 15) is 15.2 Å². The zero-order chi connectivity index (χ0) is 12.3. The maximum atomic E-state index is 10.7. The summed E-state index contributed by atoms with van der Waals surface area (Å²) < 4.78 is 0. The predicted molar refractivity (Wildman–Crippen MR) is 60.6 cm³/mol. The molecular formula is C10H15N3O3. The van der Waals surface area contributed by atoms with Crippen LogP contribution >= 0.6 is 0 Å². The first-order chi connectivity index (χ1) is 7.41. The van der Waals surface area contributed by atoms with Crippen LogP contribution in [0.15, 0.2) is 12.3 Å². The van der Waals surface area contributed by atoms with E-state index in [4.69, 9.17) is 0 Å². The maximum absolute atomic E-state index is 10.7. The molecule has 0 spiro atoms. The van der Waals surface area contributed by atoms with Gasteiger partial charge in [-0.3, -0.25) is 10.1 Å². The fourth-order valence-electron chi connectivity index (χ4n) is 1.40. The van der Waals surface area contributed by atoms with Gasteiger partial charge in [0.25, 0.3) is 5.69 Å². The molecule has 1 rings (SSSR count). The number of aromatic nitrogens is 1. The van der Waals surface area contributed by atoms with Crippen molar-refractivity contribution in [1.82, 2.24) is 4.98 Å². The number of hydrogen-bond donors (Lipinski definition) is 1. The molecular weight excluding hydrogens is 210 g/mol. The second-order valence-electron chi connectivity index (χ2n) is 3.82. The van der Waals surface area contributed by atoms with E-state index in [1.54, 1.807) is 25.8 Å². The molecule has 0 radical (unpaired) electrons. The first-order valence-corrected chi connectivity index (χ1v) is 4.92. The van der Waals surface area contributed by atoms with E-state index in [1.807, 2.05) is 0 Å². The molecule has 0 aliphatic heterocycles. The van der Waals surface area contributed by atoms with Crippen LogP contribution < -0.4 is 4.90 Å². The quantitative estimate of drug-likeness (QED) is 0.613. The molecule has 1 N–H and O–H groups in total. The van der Waals surface area contributed by atoms with Crippen molar-refractivity contribution in [2.24, 2.45) is 0 Å². The minimum Gasteiger partial charge on any atom is -0.392 e. The highest BCUT2D eigenvalue weighted by Gasteiger charge is 2.14. The lowest BCUT2D eigenvalue weighted by atomic mass is 10.2. The number of rotatable bonds is 4. The number of aryl methyl sites for hydroxylation is 1. The van der Waals surface area contributed by atoms with E-state index in [0.29, 0.717) is 17.9 Å². The summed E-state index contributed by atoms with van der Waals surface area (Å²) in [7, 11) is 1.73. The third-order valence-electron chi connectivity index (χ3n) is 2.19. The smallest absolute Gasteiger partial charge is 0.277 e. The lowest BCUT2D eigenvalue weighted by Gasteiger charge is -2.19. The van der Waals surface area contributed by atoms with Crippen LogP contribution in [0.5, 0.6) is 0 Å². The highest BCUT2D eigenvalue weighted by Crippen LogP contribution is 2.21. The first kappa shape index (κ1) is 12.4. The van der Waals surface area contributed by atoms with Gasteiger partial charge in [0.2, 0.25) is 0 Å². The largest absolute Gasteiger partial charge is 0.392 e. The molecule has 0 bridgehead atoms. The van der Waals surface area contributed by atoms with E-state index < -0.39 is 11.0 Å². The van der Waals surface area contributed by atoms with Crippen molar-refractivity contribution in [2.45, 2.75) is 20.0 Å². The van der Waals surface area contributed by atoms with Gasteiger partial charge in [-0.05, 0) is 13.8 Å². The summed E-state index contributed by atoms with van der Waals surface area (Å²) in [6.07, 6.45) is 0.957. The Labute approximate surface area is 93.7 Å². The number of aliphatic hydroxyl groups is 1. The van der Waals surface area contributed by atoms with Crippen molar-refractivity contribution in [3.05, 3.63) is 27.9 Å². The van der Waals surface area contributed by atoms with Gasteiger partial charge in [0, 0.05) is 25.4 Å². The molecule has 6 heteroatoms. The van der Waals surface area contributed by atoms with Crippen LogP contribution in [-0.4, -0.2) is 34.7 Å². The monoisotopic (exact) mass is 225 g/mol. The number of hydrogen-bond acceptors (Lipinski definition) is 5. The molecule has 16 heavy (non-hydrogen) atoms. The number of nitrogens with zero attached hydrogens (tertiary/aromatic N) is 3. The summed E-state index contributed by atoms with van der Waals surface area (Å²) >= 11 is 0. The molecule has 1 atom stereocenters. The second kappa shape index (κ2) is 4.89. The minimum absolute atomic E-state index is 0.0439. The standard InChI is InChI=1S/C10H15N3O3/c1-7-5-11-10(4-9(7)13(15)16)12(3)6-8(2)14/h4-5,8,14H,6H2,1-3H3. The number of anilines is 1. The average molecular weight is 225 g/mol. The molecule has 0 aromatic carbocycles. The Kier molecular flexibility index (Phi) is 3.78. The molecule has 1 unspecified atom stereocenters. The van der Waals surface area contributed by atoms with Crippen LogP contribution in [0.25, 0.3) is 0 Å². The van der Waals surface area contributed by atoms with Crippen LogP contribution in [0.4, 0.5) is 11.5 Å². The Bertz CT molecular complexity index is 393. The molecule has 6 nitrogen and oxygen atoms in total. The van der Waals surface area contributed by atoms with Crippen LogP contribution in [0, 0.1) is 17.0 Å². The summed E-state index contributed by atoms with van der Waals surface area (Å²) in [5, 5.41) is 19.9. The van der Waals surface area contributed by atoms with Gasteiger partial charge >= 0.3 is 0 Å². The van der Waals surface area contributed by atoms with E-state index in [1.165, 1.54) is 12.3 Å². The van der Waals surface area contributed by atoms with Crippen LogP contribution in [0.2, 0.25) is 0 Å². The van der Waals surface area contributed by atoms with E-state index >= 15 is 0 Å². The summed E-state index contributed by atoms with van der Waals surface area (Å²) in [5.41, 5.74) is 0.571. The highest BCUT2D eigenvalue weighted by molar-refractivity contribution is 5.50. The van der Waals surface area contributed by atoms with Crippen molar-refractivity contribution >= 4 is 11.5 Å². The van der Waals surface area contributed by atoms with Crippen LogP contribution in [0.3, 0.4) is 0 Å². The van der Waals surface area contributed by atoms with Crippen molar-refractivity contribution in [2.75, 3.05) is 18.5 Å². The van der Waals surface area contributed by atoms with E-state index in [-0.39, 0.29) is 5.69 Å². The molecule has 88 valence electrons. The molecule has 0 fully saturated rings. The van der Waals surface area contributed by atoms with E-state index in [0.717, 1.165) is 0 Å². The topological polar surface area (TPSA) is 79.5 Å². The molecule has 1 aromatic heterocycles.